The van der Waals surface area contributed by atoms with Gasteiger partial charge in [-0.25, -0.2) is 0 Å². The number of aromatic nitrogens is 5. The Hall–Kier alpha value is -2.45. The highest BCUT2D eigenvalue weighted by Crippen LogP contribution is 2.43. The maximum atomic E-state index is 5.88. The van der Waals surface area contributed by atoms with Crippen LogP contribution in [0.15, 0.2) is 57.4 Å². The van der Waals surface area contributed by atoms with Gasteiger partial charge in [-0.3, -0.25) is 4.57 Å². The van der Waals surface area contributed by atoms with Gasteiger partial charge in [0.2, 0.25) is 5.89 Å². The fourth-order valence-corrected chi connectivity index (χ4v) is 4.44. The summed E-state index contributed by atoms with van der Waals surface area (Å²) in [5.74, 6) is 2.71. The molecule has 1 aliphatic rings. The summed E-state index contributed by atoms with van der Waals surface area (Å²) in [6.07, 6.45) is 2.36. The van der Waals surface area contributed by atoms with Crippen LogP contribution >= 0.6 is 23.1 Å². The Morgan fingerprint density at radius 1 is 1.07 bits per heavy atom. The Kier molecular flexibility index (Phi) is 4.29. The maximum absolute atomic E-state index is 5.88. The lowest BCUT2D eigenvalue weighted by Crippen LogP contribution is -2.02. The van der Waals surface area contributed by atoms with Crippen molar-refractivity contribution in [1.29, 1.82) is 0 Å². The molecule has 136 valence electrons. The van der Waals surface area contributed by atoms with Crippen LogP contribution in [-0.2, 0) is 0 Å². The first-order valence-corrected chi connectivity index (χ1v) is 10.6. The first-order chi connectivity index (χ1) is 13.3. The van der Waals surface area contributed by atoms with Crippen LogP contribution in [0, 0.1) is 0 Å². The maximum Gasteiger partial charge on any atom is 0.257 e. The number of nitrogens with zero attached hydrogens (tertiary/aromatic N) is 5. The molecule has 8 heteroatoms. The van der Waals surface area contributed by atoms with Crippen LogP contribution in [0.2, 0.25) is 0 Å². The van der Waals surface area contributed by atoms with Gasteiger partial charge in [0.05, 0.1) is 10.1 Å². The molecule has 4 aromatic rings. The molecule has 6 nitrogen and oxygen atoms in total. The molecule has 0 saturated heterocycles. The highest BCUT2D eigenvalue weighted by atomic mass is 32.2. The molecule has 3 heterocycles. The van der Waals surface area contributed by atoms with Gasteiger partial charge in [-0.05, 0) is 43.3 Å². The third-order valence-electron chi connectivity index (χ3n) is 4.42. The molecule has 5 rings (SSSR count). The van der Waals surface area contributed by atoms with Crippen LogP contribution < -0.4 is 0 Å². The topological polar surface area (TPSA) is 69.6 Å². The Labute approximate surface area is 164 Å². The van der Waals surface area contributed by atoms with E-state index in [4.69, 9.17) is 4.42 Å². The number of rotatable bonds is 6. The molecule has 0 unspecified atom stereocenters. The standard InChI is InChI=1S/C19H17N5OS2/c1-12(17-21-22-18(25-17)15-8-5-11-26-15)27-19-23-20-16(13-9-10-13)24(19)14-6-3-2-4-7-14/h2-8,11-13H,9-10H2,1H3/t12-/m0/s1. The van der Waals surface area contributed by atoms with Gasteiger partial charge < -0.3 is 4.42 Å². The zero-order valence-corrected chi connectivity index (χ0v) is 16.3. The Morgan fingerprint density at radius 2 is 1.93 bits per heavy atom. The molecule has 0 spiro atoms. The second kappa shape index (κ2) is 6.94. The van der Waals surface area contributed by atoms with E-state index >= 15 is 0 Å². The Balaban J connectivity index is 1.44. The molecule has 0 N–H and O–H groups in total. The van der Waals surface area contributed by atoms with Crippen molar-refractivity contribution in [2.24, 2.45) is 0 Å². The van der Waals surface area contributed by atoms with Gasteiger partial charge in [-0.1, -0.05) is 36.0 Å². The number of para-hydroxylation sites is 1. The van der Waals surface area contributed by atoms with Crippen LogP contribution in [0.3, 0.4) is 0 Å². The molecule has 0 radical (unpaired) electrons. The van der Waals surface area contributed by atoms with E-state index < -0.39 is 0 Å². The number of thioether (sulfide) groups is 1. The van der Waals surface area contributed by atoms with E-state index in [1.54, 1.807) is 23.1 Å². The van der Waals surface area contributed by atoms with Gasteiger partial charge in [0, 0.05) is 11.6 Å². The SMILES string of the molecule is C[C@H](Sc1nnc(C2CC2)n1-c1ccccc1)c1nnc(-c2cccs2)o1. The van der Waals surface area contributed by atoms with Crippen LogP contribution in [0.4, 0.5) is 0 Å². The summed E-state index contributed by atoms with van der Waals surface area (Å²) in [7, 11) is 0. The average molecular weight is 396 g/mol. The quantitative estimate of drug-likeness (QED) is 0.423. The van der Waals surface area contributed by atoms with Crippen molar-refractivity contribution in [1.82, 2.24) is 25.0 Å². The molecular formula is C19H17N5OS2. The van der Waals surface area contributed by atoms with Crippen LogP contribution in [0.1, 0.15) is 42.6 Å². The predicted molar refractivity (Wildman–Crippen MR) is 105 cm³/mol. The number of thiophene rings is 1. The Bertz CT molecular complexity index is 1040. The lowest BCUT2D eigenvalue weighted by molar-refractivity contribution is 0.510. The number of benzene rings is 1. The van der Waals surface area contributed by atoms with Gasteiger partial charge in [0.15, 0.2) is 5.16 Å². The summed E-state index contributed by atoms with van der Waals surface area (Å²) in [5.41, 5.74) is 1.09. The van der Waals surface area contributed by atoms with Gasteiger partial charge in [0.25, 0.3) is 5.89 Å². The highest BCUT2D eigenvalue weighted by molar-refractivity contribution is 7.99. The van der Waals surface area contributed by atoms with E-state index in [2.05, 4.69) is 44.0 Å². The first-order valence-electron chi connectivity index (χ1n) is 8.84. The summed E-state index contributed by atoms with van der Waals surface area (Å²) in [5, 5.41) is 20.2. The van der Waals surface area contributed by atoms with Crippen molar-refractivity contribution >= 4 is 23.1 Å². The molecule has 0 aliphatic heterocycles. The molecule has 0 amide bonds. The van der Waals surface area contributed by atoms with Gasteiger partial charge in [0.1, 0.15) is 5.82 Å². The largest absolute Gasteiger partial charge is 0.419 e. The molecule has 1 aliphatic carbocycles. The highest BCUT2D eigenvalue weighted by Gasteiger charge is 2.31. The van der Waals surface area contributed by atoms with E-state index in [9.17, 15) is 0 Å². The summed E-state index contributed by atoms with van der Waals surface area (Å²) < 4.78 is 8.05. The molecule has 3 aromatic heterocycles. The molecule has 1 aromatic carbocycles. The minimum Gasteiger partial charge on any atom is -0.419 e. The Morgan fingerprint density at radius 3 is 2.67 bits per heavy atom. The minimum absolute atomic E-state index is 0.0232. The smallest absolute Gasteiger partial charge is 0.257 e. The third kappa shape index (κ3) is 3.30. The lowest BCUT2D eigenvalue weighted by atomic mass is 10.3. The first kappa shape index (κ1) is 16.7. The average Bonchev–Trinajstić information content (AvgIpc) is 3.11. The molecule has 27 heavy (non-hydrogen) atoms. The second-order valence-electron chi connectivity index (χ2n) is 6.47. The van der Waals surface area contributed by atoms with Crippen molar-refractivity contribution in [2.75, 3.05) is 0 Å². The minimum atomic E-state index is -0.0232. The zero-order chi connectivity index (χ0) is 18.2. The van der Waals surface area contributed by atoms with Crippen molar-refractivity contribution in [3.63, 3.8) is 0 Å². The fraction of sp³-hybridized carbons (Fsp3) is 0.263. The third-order valence-corrected chi connectivity index (χ3v) is 6.31. The van der Waals surface area contributed by atoms with Crippen molar-refractivity contribution in [3.8, 4) is 16.5 Å². The molecule has 1 saturated carbocycles. The summed E-state index contributed by atoms with van der Waals surface area (Å²) in [6, 6.07) is 14.2. The summed E-state index contributed by atoms with van der Waals surface area (Å²) in [4.78, 5) is 0.981. The fourth-order valence-electron chi connectivity index (χ4n) is 2.89. The van der Waals surface area contributed by atoms with E-state index in [1.165, 1.54) is 12.8 Å². The number of hydrogen-bond acceptors (Lipinski definition) is 7. The predicted octanol–water partition coefficient (Wildman–Crippen LogP) is 5.11. The second-order valence-corrected chi connectivity index (χ2v) is 8.72. The van der Waals surface area contributed by atoms with E-state index in [1.807, 2.05) is 35.7 Å². The van der Waals surface area contributed by atoms with Crippen molar-refractivity contribution < 1.29 is 4.42 Å². The zero-order valence-electron chi connectivity index (χ0n) is 14.6. The van der Waals surface area contributed by atoms with Crippen molar-refractivity contribution in [2.45, 2.75) is 36.1 Å². The van der Waals surface area contributed by atoms with Crippen LogP contribution in [0.5, 0.6) is 0 Å². The molecule has 0 bridgehead atoms. The molecule has 1 atom stereocenters. The molecular weight excluding hydrogens is 378 g/mol. The monoisotopic (exact) mass is 395 g/mol. The van der Waals surface area contributed by atoms with Gasteiger partial charge >= 0.3 is 0 Å². The van der Waals surface area contributed by atoms with E-state index in [-0.39, 0.29) is 5.25 Å². The molecule has 1 fully saturated rings. The summed E-state index contributed by atoms with van der Waals surface area (Å²) in [6.45, 7) is 2.05. The van der Waals surface area contributed by atoms with E-state index in [0.717, 1.165) is 21.5 Å². The van der Waals surface area contributed by atoms with Crippen LogP contribution in [0.25, 0.3) is 16.5 Å². The lowest BCUT2D eigenvalue weighted by Gasteiger charge is -2.11. The van der Waals surface area contributed by atoms with Crippen LogP contribution in [-0.4, -0.2) is 25.0 Å². The normalized spacial score (nSPS) is 15.1. The summed E-state index contributed by atoms with van der Waals surface area (Å²) >= 11 is 3.18. The van der Waals surface area contributed by atoms with Crippen molar-refractivity contribution in [3.05, 3.63) is 59.6 Å². The van der Waals surface area contributed by atoms with E-state index in [0.29, 0.717) is 17.7 Å². The van der Waals surface area contributed by atoms with Gasteiger partial charge in [-0.2, -0.15) is 0 Å². The van der Waals surface area contributed by atoms with Gasteiger partial charge in [-0.15, -0.1) is 31.7 Å². The number of hydrogen-bond donors (Lipinski definition) is 0.